The summed E-state index contributed by atoms with van der Waals surface area (Å²) in [6, 6.07) is 17.0. The molecule has 2 amide bonds. The first kappa shape index (κ1) is 23.0. The molecular formula is C27H30N6O2. The molecule has 2 aliphatic heterocycles. The Morgan fingerprint density at radius 3 is 2.43 bits per heavy atom. The Bertz CT molecular complexity index is 1200. The first-order chi connectivity index (χ1) is 17.1. The van der Waals surface area contributed by atoms with E-state index in [1.807, 2.05) is 47.4 Å². The molecule has 35 heavy (non-hydrogen) atoms. The summed E-state index contributed by atoms with van der Waals surface area (Å²) in [5, 5.41) is 2.79. The first-order valence-electron chi connectivity index (χ1n) is 12.2. The normalized spacial score (nSPS) is 16.9. The molecule has 0 bridgehead atoms. The molecule has 5 rings (SSSR count). The molecule has 1 aromatic heterocycles. The quantitative estimate of drug-likeness (QED) is 0.590. The summed E-state index contributed by atoms with van der Waals surface area (Å²) in [6.45, 7) is 3.93. The van der Waals surface area contributed by atoms with Crippen LogP contribution in [0.3, 0.4) is 0 Å². The van der Waals surface area contributed by atoms with Gasteiger partial charge in [-0.15, -0.1) is 0 Å². The highest BCUT2D eigenvalue weighted by Gasteiger charge is 2.28. The zero-order chi connectivity index (χ0) is 24.2. The molecule has 0 radical (unpaired) electrons. The molecule has 2 aromatic carbocycles. The molecule has 3 heterocycles. The van der Waals surface area contributed by atoms with Gasteiger partial charge in [0.15, 0.2) is 11.5 Å². The molecule has 0 unspecified atom stereocenters. The molecule has 2 aliphatic rings. The van der Waals surface area contributed by atoms with Crippen molar-refractivity contribution in [2.24, 2.45) is 0 Å². The average Bonchev–Trinajstić information content (AvgIpc) is 3.44. The Morgan fingerprint density at radius 1 is 0.943 bits per heavy atom. The van der Waals surface area contributed by atoms with Gasteiger partial charge >= 0.3 is 0 Å². The lowest BCUT2D eigenvalue weighted by Gasteiger charge is -2.36. The predicted molar refractivity (Wildman–Crippen MR) is 136 cm³/mol. The van der Waals surface area contributed by atoms with Crippen molar-refractivity contribution in [3.05, 3.63) is 72.1 Å². The topological polar surface area (TPSA) is 104 Å². The number of nitrogens with one attached hydrogen (secondary N) is 1. The minimum atomic E-state index is -0.434. The van der Waals surface area contributed by atoms with Gasteiger partial charge in [0.2, 0.25) is 0 Å². The summed E-state index contributed by atoms with van der Waals surface area (Å²) in [5.41, 5.74) is 8.45. The smallest absolute Gasteiger partial charge is 0.278 e. The van der Waals surface area contributed by atoms with Crippen LogP contribution >= 0.6 is 0 Å². The van der Waals surface area contributed by atoms with Gasteiger partial charge in [-0.3, -0.25) is 9.59 Å². The van der Waals surface area contributed by atoms with Gasteiger partial charge in [0.1, 0.15) is 0 Å². The number of carbonyl (C=O) groups is 2. The fourth-order valence-electron chi connectivity index (χ4n) is 4.95. The summed E-state index contributed by atoms with van der Waals surface area (Å²) in [5.74, 6) is -0.358. The number of piperidine rings is 1. The van der Waals surface area contributed by atoms with Crippen molar-refractivity contribution in [3.8, 4) is 11.3 Å². The maximum Gasteiger partial charge on any atom is 0.278 e. The Kier molecular flexibility index (Phi) is 6.72. The number of nitrogen functional groups attached to an aromatic ring is 1. The van der Waals surface area contributed by atoms with E-state index in [0.717, 1.165) is 25.9 Å². The number of hydrogen-bond acceptors (Lipinski definition) is 6. The van der Waals surface area contributed by atoms with E-state index < -0.39 is 5.91 Å². The van der Waals surface area contributed by atoms with Crippen LogP contribution in [0.2, 0.25) is 0 Å². The largest absolute Gasteiger partial charge is 0.382 e. The van der Waals surface area contributed by atoms with E-state index in [4.69, 9.17) is 5.73 Å². The minimum absolute atomic E-state index is 0.0252. The lowest BCUT2D eigenvalue weighted by molar-refractivity contribution is 0.0644. The Morgan fingerprint density at radius 2 is 1.69 bits per heavy atom. The second-order valence-electron chi connectivity index (χ2n) is 9.16. The highest BCUT2D eigenvalue weighted by Crippen LogP contribution is 2.24. The average molecular weight is 471 g/mol. The monoisotopic (exact) mass is 470 g/mol. The summed E-state index contributed by atoms with van der Waals surface area (Å²) in [6.07, 6.45) is 6.15. The molecule has 8 heteroatoms. The molecule has 3 N–H and O–H groups in total. The molecule has 3 aromatic rings. The minimum Gasteiger partial charge on any atom is -0.382 e. The van der Waals surface area contributed by atoms with E-state index in [-0.39, 0.29) is 17.4 Å². The second-order valence-corrected chi connectivity index (χ2v) is 9.16. The Hall–Kier alpha value is -3.78. The highest BCUT2D eigenvalue weighted by atomic mass is 16.2. The SMILES string of the molecule is Nc1ncc(-c2cccc(C(=O)N3CCC(N4CCCC4)CC3)c2)nc1C(=O)Nc1ccccc1. The molecule has 0 aliphatic carbocycles. The third-order valence-electron chi connectivity index (χ3n) is 6.86. The number of rotatable bonds is 5. The van der Waals surface area contributed by atoms with Crippen LogP contribution in [0.1, 0.15) is 46.5 Å². The van der Waals surface area contributed by atoms with E-state index in [1.165, 1.54) is 32.1 Å². The third-order valence-corrected chi connectivity index (χ3v) is 6.86. The van der Waals surface area contributed by atoms with E-state index in [1.54, 1.807) is 12.1 Å². The molecule has 0 saturated carbocycles. The number of hydrogen-bond donors (Lipinski definition) is 2. The van der Waals surface area contributed by atoms with Crippen LogP contribution in [0, 0.1) is 0 Å². The van der Waals surface area contributed by atoms with Crippen molar-refractivity contribution >= 4 is 23.3 Å². The van der Waals surface area contributed by atoms with Gasteiger partial charge < -0.3 is 20.9 Å². The number of aromatic nitrogens is 2. The lowest BCUT2D eigenvalue weighted by Crippen LogP contribution is -2.45. The van der Waals surface area contributed by atoms with Gasteiger partial charge in [-0.1, -0.05) is 30.3 Å². The summed E-state index contributed by atoms with van der Waals surface area (Å²) >= 11 is 0. The van der Waals surface area contributed by atoms with Crippen molar-refractivity contribution in [3.63, 3.8) is 0 Å². The van der Waals surface area contributed by atoms with Crippen molar-refractivity contribution in [1.29, 1.82) is 0 Å². The fraction of sp³-hybridized carbons (Fsp3) is 0.333. The van der Waals surface area contributed by atoms with Gasteiger partial charge in [-0.2, -0.15) is 0 Å². The first-order valence-corrected chi connectivity index (χ1v) is 12.2. The number of amides is 2. The number of nitrogens with zero attached hydrogens (tertiary/aromatic N) is 4. The third kappa shape index (κ3) is 5.17. The zero-order valence-corrected chi connectivity index (χ0v) is 19.7. The van der Waals surface area contributed by atoms with Crippen LogP contribution in [-0.2, 0) is 0 Å². The molecular weight excluding hydrogens is 440 g/mol. The van der Waals surface area contributed by atoms with E-state index in [0.29, 0.717) is 28.6 Å². The van der Waals surface area contributed by atoms with Crippen LogP contribution in [0.5, 0.6) is 0 Å². The second kappa shape index (κ2) is 10.2. The van der Waals surface area contributed by atoms with E-state index in [9.17, 15) is 9.59 Å². The van der Waals surface area contributed by atoms with Gasteiger partial charge in [0.25, 0.3) is 11.8 Å². The zero-order valence-electron chi connectivity index (χ0n) is 19.7. The number of likely N-dealkylation sites (tertiary alicyclic amines) is 2. The number of nitrogens with two attached hydrogens (primary N) is 1. The van der Waals surface area contributed by atoms with Crippen LogP contribution in [0.25, 0.3) is 11.3 Å². The standard InChI is InChI=1S/C27H30N6O2/c28-25-24(26(34)30-21-9-2-1-3-10-21)31-23(18-29-25)19-7-6-8-20(17-19)27(35)33-15-11-22(12-16-33)32-13-4-5-14-32/h1-3,6-10,17-18,22H,4-5,11-16H2,(H2,28,29)(H,30,34). The lowest BCUT2D eigenvalue weighted by atomic mass is 10.0. The van der Waals surface area contributed by atoms with Gasteiger partial charge in [0.05, 0.1) is 11.9 Å². The van der Waals surface area contributed by atoms with Crippen LogP contribution in [-0.4, -0.2) is 63.8 Å². The molecule has 2 fully saturated rings. The number of benzene rings is 2. The maximum absolute atomic E-state index is 13.2. The van der Waals surface area contributed by atoms with Gasteiger partial charge in [-0.25, -0.2) is 9.97 Å². The Balaban J connectivity index is 1.30. The molecule has 2 saturated heterocycles. The number of para-hydroxylation sites is 1. The summed E-state index contributed by atoms with van der Waals surface area (Å²) < 4.78 is 0. The molecule has 8 nitrogen and oxygen atoms in total. The number of carbonyl (C=O) groups excluding carboxylic acids is 2. The number of anilines is 2. The van der Waals surface area contributed by atoms with Crippen molar-refractivity contribution in [2.45, 2.75) is 31.7 Å². The fourth-order valence-corrected chi connectivity index (χ4v) is 4.95. The Labute approximate surface area is 205 Å². The van der Waals surface area contributed by atoms with E-state index >= 15 is 0 Å². The van der Waals surface area contributed by atoms with Crippen molar-refractivity contribution < 1.29 is 9.59 Å². The van der Waals surface area contributed by atoms with E-state index in [2.05, 4.69) is 20.2 Å². The predicted octanol–water partition coefficient (Wildman–Crippen LogP) is 3.68. The van der Waals surface area contributed by atoms with Gasteiger partial charge in [0, 0.05) is 35.9 Å². The summed E-state index contributed by atoms with van der Waals surface area (Å²) in [7, 11) is 0. The van der Waals surface area contributed by atoms with Crippen LogP contribution in [0.4, 0.5) is 11.5 Å². The highest BCUT2D eigenvalue weighted by molar-refractivity contribution is 6.06. The molecule has 0 spiro atoms. The maximum atomic E-state index is 13.2. The van der Waals surface area contributed by atoms with Crippen LogP contribution < -0.4 is 11.1 Å². The van der Waals surface area contributed by atoms with Crippen LogP contribution in [0.15, 0.2) is 60.8 Å². The van der Waals surface area contributed by atoms with Crippen molar-refractivity contribution in [1.82, 2.24) is 19.8 Å². The van der Waals surface area contributed by atoms with Crippen molar-refractivity contribution in [2.75, 3.05) is 37.2 Å². The summed E-state index contributed by atoms with van der Waals surface area (Å²) in [4.78, 5) is 39.2. The molecule has 0 atom stereocenters. The van der Waals surface area contributed by atoms with Gasteiger partial charge in [-0.05, 0) is 63.0 Å². The molecule has 180 valence electrons.